The van der Waals surface area contributed by atoms with E-state index in [0.29, 0.717) is 11.1 Å². The second kappa shape index (κ2) is 6.79. The second-order valence-corrected chi connectivity index (χ2v) is 6.63. The van der Waals surface area contributed by atoms with Crippen LogP contribution < -0.4 is 14.5 Å². The van der Waals surface area contributed by atoms with E-state index in [9.17, 15) is 9.90 Å². The van der Waals surface area contributed by atoms with Crippen molar-refractivity contribution in [3.8, 4) is 11.8 Å². The molecule has 9 heteroatoms. The van der Waals surface area contributed by atoms with Crippen LogP contribution in [0.2, 0.25) is 5.02 Å². The molecule has 0 radical (unpaired) electrons. The number of urea groups is 1. The highest BCUT2D eigenvalue weighted by Crippen LogP contribution is 2.43. The van der Waals surface area contributed by atoms with E-state index < -0.39 is 17.9 Å². The number of amides is 2. The Hall–Kier alpha value is -3.13. The van der Waals surface area contributed by atoms with Crippen molar-refractivity contribution >= 4 is 40.0 Å². The maximum atomic E-state index is 15.0. The van der Waals surface area contributed by atoms with Crippen molar-refractivity contribution < 1.29 is 19.0 Å². The number of hydrogen-bond donors (Lipinski definition) is 1. The van der Waals surface area contributed by atoms with Crippen molar-refractivity contribution in [2.75, 3.05) is 23.5 Å². The van der Waals surface area contributed by atoms with Crippen molar-refractivity contribution in [3.05, 3.63) is 46.7 Å². The van der Waals surface area contributed by atoms with Gasteiger partial charge in [0.05, 0.1) is 35.3 Å². The van der Waals surface area contributed by atoms with Crippen LogP contribution >= 0.6 is 11.6 Å². The minimum atomic E-state index is -0.734. The lowest BCUT2D eigenvalue weighted by molar-refractivity contribution is 0.250. The van der Waals surface area contributed by atoms with Gasteiger partial charge in [0.25, 0.3) is 0 Å². The van der Waals surface area contributed by atoms with E-state index in [1.54, 1.807) is 38.3 Å². The molecule has 144 valence electrons. The van der Waals surface area contributed by atoms with Crippen LogP contribution in [0, 0.1) is 5.82 Å². The number of carbonyl (C=O) groups excluding carboxylic acids is 1. The molecule has 1 N–H and O–H groups in total. The number of rotatable bonds is 4. The normalized spacial score (nSPS) is 13.4. The Morgan fingerprint density at radius 3 is 2.57 bits per heavy atom. The highest BCUT2D eigenvalue weighted by atomic mass is 35.5. The number of hydrogen-bond acceptors (Lipinski definition) is 5. The van der Waals surface area contributed by atoms with Gasteiger partial charge in [0.1, 0.15) is 5.75 Å². The van der Waals surface area contributed by atoms with Gasteiger partial charge in [-0.1, -0.05) is 23.7 Å². The van der Waals surface area contributed by atoms with Gasteiger partial charge >= 0.3 is 12.0 Å². The number of anilines is 2. The monoisotopic (exact) mass is 402 g/mol. The molecule has 4 rings (SSSR count). The average molecular weight is 403 g/mol. The van der Waals surface area contributed by atoms with Gasteiger partial charge in [-0.3, -0.25) is 9.80 Å². The smallest absolute Gasteiger partial charge is 0.330 e. The molecule has 1 aliphatic rings. The van der Waals surface area contributed by atoms with Gasteiger partial charge < -0.3 is 9.84 Å². The summed E-state index contributed by atoms with van der Waals surface area (Å²) in [5, 5.41) is 9.98. The first-order chi connectivity index (χ1) is 13.4. The van der Waals surface area contributed by atoms with Crippen LogP contribution in [0.25, 0.3) is 10.9 Å². The Morgan fingerprint density at radius 2 is 1.93 bits per heavy atom. The average Bonchev–Trinajstić information content (AvgIpc) is 2.68. The number of carbonyl (C=O) groups is 1. The molecule has 0 bridgehead atoms. The van der Waals surface area contributed by atoms with Gasteiger partial charge in [-0.2, -0.15) is 9.97 Å². The molecule has 2 amide bonds. The maximum Gasteiger partial charge on any atom is 0.330 e. The summed E-state index contributed by atoms with van der Waals surface area (Å²) in [6.07, 6.45) is 0. The fraction of sp³-hybridized carbons (Fsp3) is 0.211. The zero-order chi connectivity index (χ0) is 20.0. The summed E-state index contributed by atoms with van der Waals surface area (Å²) in [5.41, 5.74) is 1.04. The van der Waals surface area contributed by atoms with E-state index in [4.69, 9.17) is 16.3 Å². The van der Waals surface area contributed by atoms with Crippen LogP contribution in [0.3, 0.4) is 0 Å². The van der Waals surface area contributed by atoms with E-state index in [2.05, 4.69) is 9.97 Å². The number of aromatic hydroxyl groups is 1. The van der Waals surface area contributed by atoms with Crippen LogP contribution in [0.1, 0.15) is 12.5 Å². The zero-order valence-corrected chi connectivity index (χ0v) is 15.9. The first-order valence-corrected chi connectivity index (χ1v) is 8.93. The molecule has 0 saturated carbocycles. The molecule has 2 aromatic carbocycles. The SMILES string of the molecule is CCN1C(=O)N(Cc2ccc(OC)cc2)c2c(F)c(Cl)cc3nc(O)nc1c23. The summed E-state index contributed by atoms with van der Waals surface area (Å²) < 4.78 is 20.2. The van der Waals surface area contributed by atoms with Crippen molar-refractivity contribution in [3.63, 3.8) is 0 Å². The molecule has 0 fully saturated rings. The molecule has 7 nitrogen and oxygen atoms in total. The zero-order valence-electron chi connectivity index (χ0n) is 15.1. The summed E-state index contributed by atoms with van der Waals surface area (Å²) >= 11 is 6.04. The summed E-state index contributed by atoms with van der Waals surface area (Å²) in [6.45, 7) is 2.17. The van der Waals surface area contributed by atoms with Crippen molar-refractivity contribution in [1.29, 1.82) is 0 Å². The van der Waals surface area contributed by atoms with E-state index in [0.717, 1.165) is 5.56 Å². The first-order valence-electron chi connectivity index (χ1n) is 8.55. The van der Waals surface area contributed by atoms with Crippen molar-refractivity contribution in [2.24, 2.45) is 0 Å². The third-order valence-electron chi connectivity index (χ3n) is 4.63. The fourth-order valence-corrected chi connectivity index (χ4v) is 3.51. The van der Waals surface area contributed by atoms with Crippen LogP contribution in [0.15, 0.2) is 30.3 Å². The van der Waals surface area contributed by atoms with Crippen LogP contribution in [-0.2, 0) is 6.54 Å². The molecule has 3 aromatic rings. The van der Waals surface area contributed by atoms with Crippen molar-refractivity contribution in [2.45, 2.75) is 13.5 Å². The van der Waals surface area contributed by atoms with Crippen LogP contribution in [0.5, 0.6) is 11.8 Å². The van der Waals surface area contributed by atoms with Gasteiger partial charge in [0, 0.05) is 6.54 Å². The van der Waals surface area contributed by atoms with Crippen molar-refractivity contribution in [1.82, 2.24) is 9.97 Å². The molecule has 1 aliphatic heterocycles. The number of benzene rings is 2. The third-order valence-corrected chi connectivity index (χ3v) is 4.90. The lowest BCUT2D eigenvalue weighted by Gasteiger charge is -2.35. The molecule has 0 atom stereocenters. The standard InChI is InChI=1S/C19H16ClFN4O3/c1-3-24-17-14-13(22-18(26)23-17)8-12(20)15(21)16(14)25(19(24)27)9-10-4-6-11(28-2)7-5-10/h4-8H,3,9H2,1-2H3,(H,22,23,26). The van der Waals surface area contributed by atoms with Gasteiger partial charge in [0.2, 0.25) is 0 Å². The Bertz CT molecular complexity index is 1090. The molecule has 2 heterocycles. The minimum absolute atomic E-state index is 0.00279. The first kappa shape index (κ1) is 18.2. The number of ether oxygens (including phenoxy) is 1. The van der Waals surface area contributed by atoms with Gasteiger partial charge in [-0.15, -0.1) is 0 Å². The summed E-state index contributed by atoms with van der Waals surface area (Å²) in [5.74, 6) is 0.100. The molecule has 0 unspecified atom stereocenters. The second-order valence-electron chi connectivity index (χ2n) is 6.22. The molecule has 0 saturated heterocycles. The van der Waals surface area contributed by atoms with E-state index in [1.165, 1.54) is 15.9 Å². The highest BCUT2D eigenvalue weighted by Gasteiger charge is 2.36. The predicted octanol–water partition coefficient (Wildman–Crippen LogP) is 4.10. The number of aromatic nitrogens is 2. The molecule has 0 aliphatic carbocycles. The Morgan fingerprint density at radius 1 is 1.21 bits per heavy atom. The molecular weight excluding hydrogens is 387 g/mol. The maximum absolute atomic E-state index is 15.0. The summed E-state index contributed by atoms with van der Waals surface area (Å²) in [7, 11) is 1.56. The third kappa shape index (κ3) is 2.77. The molecule has 1 aromatic heterocycles. The quantitative estimate of drug-likeness (QED) is 0.710. The van der Waals surface area contributed by atoms with E-state index in [-0.39, 0.29) is 35.1 Å². The number of methoxy groups -OCH3 is 1. The Labute approximate surface area is 164 Å². The van der Waals surface area contributed by atoms with E-state index >= 15 is 4.39 Å². The fourth-order valence-electron chi connectivity index (χ4n) is 3.32. The topological polar surface area (TPSA) is 78.8 Å². The van der Waals surface area contributed by atoms with Crippen LogP contribution in [0.4, 0.5) is 20.7 Å². The van der Waals surface area contributed by atoms with E-state index in [1.807, 2.05) is 0 Å². The number of nitrogens with zero attached hydrogens (tertiary/aromatic N) is 4. The Kier molecular flexibility index (Phi) is 4.43. The largest absolute Gasteiger partial charge is 0.497 e. The lowest BCUT2D eigenvalue weighted by atomic mass is 10.1. The summed E-state index contributed by atoms with van der Waals surface area (Å²) in [4.78, 5) is 23.7. The minimum Gasteiger partial charge on any atom is -0.497 e. The van der Waals surface area contributed by atoms with Crippen LogP contribution in [-0.4, -0.2) is 34.8 Å². The highest BCUT2D eigenvalue weighted by molar-refractivity contribution is 6.33. The molecule has 28 heavy (non-hydrogen) atoms. The van der Waals surface area contributed by atoms with Gasteiger partial charge in [-0.25, -0.2) is 9.18 Å². The van der Waals surface area contributed by atoms with Gasteiger partial charge in [-0.05, 0) is 30.7 Å². The predicted molar refractivity (Wildman–Crippen MR) is 104 cm³/mol. The number of halogens is 2. The summed E-state index contributed by atoms with van der Waals surface area (Å²) in [6, 6.07) is 7.46. The molecular formula is C19H16ClFN4O3. The molecule has 0 spiro atoms. The Balaban J connectivity index is 1.93. The van der Waals surface area contributed by atoms with Gasteiger partial charge in [0.15, 0.2) is 11.6 Å². The lowest BCUT2D eigenvalue weighted by Crippen LogP contribution is -2.46.